The number of carbonyl (C=O) groups is 1. The molecule has 0 saturated carbocycles. The molecule has 0 aromatic carbocycles. The molecule has 0 amide bonds. The monoisotopic (exact) mass is 182 g/mol. The fraction of sp³-hybridized carbons (Fsp3) is 0.556. The Balaban J connectivity index is 3.18. The van der Waals surface area contributed by atoms with E-state index in [9.17, 15) is 4.79 Å². The van der Waals surface area contributed by atoms with Gasteiger partial charge in [0.1, 0.15) is 0 Å². The summed E-state index contributed by atoms with van der Waals surface area (Å²) >= 11 is 0. The molecule has 1 rings (SSSR count). The average molecular weight is 182 g/mol. The van der Waals surface area contributed by atoms with Crippen LogP contribution in [0.4, 0.5) is 0 Å². The smallest absolute Gasteiger partial charge is 0.356 e. The van der Waals surface area contributed by atoms with Gasteiger partial charge in [-0.25, -0.2) is 4.79 Å². The van der Waals surface area contributed by atoms with Crippen LogP contribution in [0.1, 0.15) is 48.4 Å². The van der Waals surface area contributed by atoms with Crippen LogP contribution in [0, 0.1) is 0 Å². The molecule has 0 bridgehead atoms. The van der Waals surface area contributed by atoms with E-state index in [4.69, 9.17) is 5.11 Å². The number of nitrogens with zero attached hydrogens (tertiary/aromatic N) is 1. The fourth-order valence-corrected chi connectivity index (χ4v) is 1.39. The van der Waals surface area contributed by atoms with Crippen LogP contribution in [0.15, 0.2) is 0 Å². The molecule has 0 aliphatic carbocycles. The van der Waals surface area contributed by atoms with E-state index in [1.165, 1.54) is 0 Å². The summed E-state index contributed by atoms with van der Waals surface area (Å²) in [5.41, 5.74) is 1.91. The van der Waals surface area contributed by atoms with Crippen molar-refractivity contribution in [3.05, 3.63) is 17.0 Å². The van der Waals surface area contributed by atoms with Gasteiger partial charge in [0.05, 0.1) is 0 Å². The Kier molecular flexibility index (Phi) is 2.70. The highest BCUT2D eigenvalue weighted by Crippen LogP contribution is 2.20. The molecular formula is C9H14N2O2. The number of H-pyrrole nitrogens is 1. The van der Waals surface area contributed by atoms with Crippen molar-refractivity contribution in [1.29, 1.82) is 0 Å². The minimum atomic E-state index is -0.958. The second-order valence-electron chi connectivity index (χ2n) is 3.28. The Morgan fingerprint density at radius 2 is 2.23 bits per heavy atom. The fourth-order valence-electron chi connectivity index (χ4n) is 1.39. The second-order valence-corrected chi connectivity index (χ2v) is 3.28. The third-order valence-corrected chi connectivity index (χ3v) is 2.03. The second kappa shape index (κ2) is 3.60. The van der Waals surface area contributed by atoms with Gasteiger partial charge in [0.15, 0.2) is 5.69 Å². The summed E-state index contributed by atoms with van der Waals surface area (Å²) in [5.74, 6) is -0.671. The quantitative estimate of drug-likeness (QED) is 0.749. The normalized spacial score (nSPS) is 10.8. The first-order valence-electron chi connectivity index (χ1n) is 4.38. The lowest BCUT2D eigenvalue weighted by Gasteiger charge is -2.03. The number of aromatic carboxylic acids is 1. The Bertz CT molecular complexity index is 315. The summed E-state index contributed by atoms with van der Waals surface area (Å²) in [6, 6.07) is 0. The molecule has 2 N–H and O–H groups in total. The van der Waals surface area contributed by atoms with E-state index in [0.717, 1.165) is 11.3 Å². The van der Waals surface area contributed by atoms with E-state index in [2.05, 4.69) is 10.2 Å². The molecule has 0 fully saturated rings. The number of aromatic amines is 1. The molecule has 0 saturated heterocycles. The zero-order valence-electron chi connectivity index (χ0n) is 8.09. The molecule has 0 spiro atoms. The predicted octanol–water partition coefficient (Wildman–Crippen LogP) is 1.79. The largest absolute Gasteiger partial charge is 0.476 e. The van der Waals surface area contributed by atoms with Gasteiger partial charge in [-0.1, -0.05) is 20.8 Å². The number of carboxylic acid groups (broad SMARTS) is 1. The molecule has 0 radical (unpaired) electrons. The molecule has 4 nitrogen and oxygen atoms in total. The van der Waals surface area contributed by atoms with Gasteiger partial charge < -0.3 is 5.11 Å². The number of nitrogens with one attached hydrogen (secondary N) is 1. The summed E-state index contributed by atoms with van der Waals surface area (Å²) in [6.45, 7) is 5.96. The maximum Gasteiger partial charge on any atom is 0.356 e. The predicted molar refractivity (Wildman–Crippen MR) is 49.0 cm³/mol. The van der Waals surface area contributed by atoms with Crippen LogP contribution >= 0.6 is 0 Å². The van der Waals surface area contributed by atoms with E-state index in [1.807, 2.05) is 20.8 Å². The van der Waals surface area contributed by atoms with Gasteiger partial charge in [0.25, 0.3) is 0 Å². The van der Waals surface area contributed by atoms with Crippen molar-refractivity contribution in [3.8, 4) is 0 Å². The summed E-state index contributed by atoms with van der Waals surface area (Å²) in [6.07, 6.45) is 0.700. The molecule has 13 heavy (non-hydrogen) atoms. The highest BCUT2D eigenvalue weighted by molar-refractivity contribution is 5.87. The summed E-state index contributed by atoms with van der Waals surface area (Å²) in [5, 5.41) is 15.4. The summed E-state index contributed by atoms with van der Waals surface area (Å²) in [7, 11) is 0. The number of hydrogen-bond donors (Lipinski definition) is 2. The maximum absolute atomic E-state index is 10.7. The summed E-state index contributed by atoms with van der Waals surface area (Å²) in [4.78, 5) is 10.7. The van der Waals surface area contributed by atoms with Crippen molar-refractivity contribution in [2.45, 2.75) is 33.1 Å². The lowest BCUT2D eigenvalue weighted by Crippen LogP contribution is -2.02. The highest BCUT2D eigenvalue weighted by atomic mass is 16.4. The molecule has 0 unspecified atom stereocenters. The van der Waals surface area contributed by atoms with E-state index in [-0.39, 0.29) is 11.6 Å². The van der Waals surface area contributed by atoms with E-state index >= 15 is 0 Å². The molecule has 0 atom stereocenters. The van der Waals surface area contributed by atoms with Crippen molar-refractivity contribution in [3.63, 3.8) is 0 Å². The Labute approximate surface area is 77.0 Å². The first-order valence-corrected chi connectivity index (χ1v) is 4.38. The Morgan fingerprint density at radius 1 is 1.62 bits per heavy atom. The van der Waals surface area contributed by atoms with Crippen LogP contribution < -0.4 is 0 Å². The zero-order valence-corrected chi connectivity index (χ0v) is 8.09. The van der Waals surface area contributed by atoms with Crippen LogP contribution in [0.25, 0.3) is 0 Å². The van der Waals surface area contributed by atoms with Gasteiger partial charge in [0, 0.05) is 11.3 Å². The lowest BCUT2D eigenvalue weighted by molar-refractivity contribution is 0.0689. The first kappa shape index (κ1) is 9.77. The third-order valence-electron chi connectivity index (χ3n) is 2.03. The molecule has 1 aromatic rings. The maximum atomic E-state index is 10.7. The molecule has 1 heterocycles. The van der Waals surface area contributed by atoms with Crippen molar-refractivity contribution in [1.82, 2.24) is 10.2 Å². The average Bonchev–Trinajstić information content (AvgIpc) is 2.46. The van der Waals surface area contributed by atoms with Gasteiger partial charge in [-0.3, -0.25) is 5.10 Å². The first-order chi connectivity index (χ1) is 6.07. The van der Waals surface area contributed by atoms with Crippen LogP contribution in [-0.2, 0) is 6.42 Å². The molecule has 4 heteroatoms. The molecule has 0 aliphatic heterocycles. The van der Waals surface area contributed by atoms with E-state index in [1.54, 1.807) is 0 Å². The SMILES string of the molecule is CCc1c(C(=O)O)n[nH]c1C(C)C. The van der Waals surface area contributed by atoms with Crippen molar-refractivity contribution in [2.24, 2.45) is 0 Å². The molecule has 0 aliphatic rings. The Morgan fingerprint density at radius 3 is 2.62 bits per heavy atom. The van der Waals surface area contributed by atoms with Crippen LogP contribution in [0.2, 0.25) is 0 Å². The van der Waals surface area contributed by atoms with Crippen molar-refractivity contribution >= 4 is 5.97 Å². The van der Waals surface area contributed by atoms with Gasteiger partial charge in [0.2, 0.25) is 0 Å². The minimum absolute atomic E-state index is 0.159. The minimum Gasteiger partial charge on any atom is -0.476 e. The molecule has 1 aromatic heterocycles. The standard InChI is InChI=1S/C9H14N2O2/c1-4-6-7(5(2)3)10-11-8(6)9(12)13/h5H,4H2,1-3H3,(H,10,11)(H,12,13). The number of aromatic nitrogens is 2. The van der Waals surface area contributed by atoms with Gasteiger partial charge in [-0.2, -0.15) is 5.10 Å². The van der Waals surface area contributed by atoms with Crippen LogP contribution in [0.3, 0.4) is 0 Å². The van der Waals surface area contributed by atoms with Gasteiger partial charge in [-0.05, 0) is 12.3 Å². The lowest BCUT2D eigenvalue weighted by atomic mass is 10.0. The number of hydrogen-bond acceptors (Lipinski definition) is 2. The zero-order chi connectivity index (χ0) is 10.0. The van der Waals surface area contributed by atoms with Crippen molar-refractivity contribution < 1.29 is 9.90 Å². The van der Waals surface area contributed by atoms with Crippen LogP contribution in [0.5, 0.6) is 0 Å². The van der Waals surface area contributed by atoms with E-state index < -0.39 is 5.97 Å². The molecule has 72 valence electrons. The highest BCUT2D eigenvalue weighted by Gasteiger charge is 2.18. The van der Waals surface area contributed by atoms with Gasteiger partial charge in [-0.15, -0.1) is 0 Å². The number of rotatable bonds is 3. The van der Waals surface area contributed by atoms with Crippen molar-refractivity contribution in [2.75, 3.05) is 0 Å². The number of carboxylic acids is 1. The van der Waals surface area contributed by atoms with E-state index in [0.29, 0.717) is 6.42 Å². The van der Waals surface area contributed by atoms with Gasteiger partial charge >= 0.3 is 5.97 Å². The van der Waals surface area contributed by atoms with Crippen LogP contribution in [-0.4, -0.2) is 21.3 Å². The molecular weight excluding hydrogens is 168 g/mol. The Hall–Kier alpha value is -1.32. The summed E-state index contributed by atoms with van der Waals surface area (Å²) < 4.78 is 0. The third kappa shape index (κ3) is 1.71. The topological polar surface area (TPSA) is 66.0 Å².